The summed E-state index contributed by atoms with van der Waals surface area (Å²) in [6, 6.07) is 0. The Morgan fingerprint density at radius 3 is 2.38 bits per heavy atom. The first kappa shape index (κ1) is 8.01. The Kier molecular flexibility index (Phi) is 3.95. The van der Waals surface area contributed by atoms with Gasteiger partial charge in [0.25, 0.3) is 5.02 Å². The van der Waals surface area contributed by atoms with Crippen LogP contribution in [-0.4, -0.2) is 22.7 Å². The van der Waals surface area contributed by atoms with Gasteiger partial charge in [-0.1, -0.05) is 23.2 Å². The molecule has 0 bridgehead atoms. The van der Waals surface area contributed by atoms with Gasteiger partial charge in [0.15, 0.2) is 0 Å². The van der Waals surface area contributed by atoms with E-state index in [1.165, 1.54) is 0 Å². The van der Waals surface area contributed by atoms with Crippen LogP contribution in [0.3, 0.4) is 0 Å². The second-order valence-electron chi connectivity index (χ2n) is 0.909. The first-order chi connectivity index (χ1) is 3.66. The van der Waals surface area contributed by atoms with Gasteiger partial charge in [-0.3, -0.25) is 0 Å². The largest absolute Gasteiger partial charge is 0.430 e. The summed E-state index contributed by atoms with van der Waals surface area (Å²) in [5.41, 5.74) is 0. The van der Waals surface area contributed by atoms with E-state index in [4.69, 9.17) is 28.3 Å². The highest BCUT2D eigenvalue weighted by Gasteiger charge is 2.04. The summed E-state index contributed by atoms with van der Waals surface area (Å²) in [5.74, 6) is -0.833. The highest BCUT2D eigenvalue weighted by Crippen LogP contribution is 2.02. The summed E-state index contributed by atoms with van der Waals surface area (Å²) in [7, 11) is 0. The van der Waals surface area contributed by atoms with E-state index in [0.717, 1.165) is 0 Å². The fourth-order valence-corrected chi connectivity index (χ4v) is 0.335. The molecule has 0 aliphatic carbocycles. The molecular weight excluding hydrogens is 155 g/mol. The van der Waals surface area contributed by atoms with Crippen molar-refractivity contribution in [3.8, 4) is 0 Å². The number of aliphatic hydroxyl groups is 1. The minimum Gasteiger partial charge on any atom is -0.430 e. The van der Waals surface area contributed by atoms with Crippen LogP contribution in [0.15, 0.2) is 0 Å². The number of esters is 1. The van der Waals surface area contributed by atoms with Crippen molar-refractivity contribution in [2.75, 3.05) is 6.61 Å². The van der Waals surface area contributed by atoms with Crippen molar-refractivity contribution in [3.63, 3.8) is 0 Å². The monoisotopic (exact) mass is 158 g/mol. The van der Waals surface area contributed by atoms with Crippen molar-refractivity contribution in [3.05, 3.63) is 0 Å². The summed E-state index contributed by atoms with van der Waals surface area (Å²) < 4.78 is 4.04. The molecule has 48 valence electrons. The number of halogens is 2. The van der Waals surface area contributed by atoms with Crippen molar-refractivity contribution < 1.29 is 14.6 Å². The maximum Gasteiger partial charge on any atom is 0.334 e. The Labute approximate surface area is 56.1 Å². The van der Waals surface area contributed by atoms with Crippen molar-refractivity contribution in [1.82, 2.24) is 0 Å². The molecular formula is C3H4Cl2O3. The third kappa shape index (κ3) is 4.18. The van der Waals surface area contributed by atoms with Gasteiger partial charge >= 0.3 is 5.97 Å². The third-order valence-corrected chi connectivity index (χ3v) is 0.528. The lowest BCUT2D eigenvalue weighted by Gasteiger charge is -1.99. The van der Waals surface area contributed by atoms with E-state index in [-0.39, 0.29) is 0 Å². The number of hydrogen-bond donors (Lipinski definition) is 1. The van der Waals surface area contributed by atoms with E-state index < -0.39 is 17.6 Å². The summed E-state index contributed by atoms with van der Waals surface area (Å²) in [5, 5.41) is 6.81. The molecule has 8 heavy (non-hydrogen) atoms. The number of hydrogen-bond acceptors (Lipinski definition) is 3. The summed E-state index contributed by atoms with van der Waals surface area (Å²) >= 11 is 9.93. The fourth-order valence-electron chi connectivity index (χ4n) is 0.137. The average molecular weight is 159 g/mol. The molecule has 0 aromatic carbocycles. The number of alkyl halides is 2. The van der Waals surface area contributed by atoms with Crippen LogP contribution in [0.2, 0.25) is 0 Å². The molecule has 0 aromatic rings. The topological polar surface area (TPSA) is 46.5 Å². The van der Waals surface area contributed by atoms with E-state index in [1.54, 1.807) is 0 Å². The lowest BCUT2D eigenvalue weighted by atomic mass is 10.8. The van der Waals surface area contributed by atoms with Gasteiger partial charge in [0.1, 0.15) is 6.61 Å². The number of carbonyl (C=O) groups is 1. The van der Waals surface area contributed by atoms with Gasteiger partial charge < -0.3 is 9.84 Å². The molecule has 3 nitrogen and oxygen atoms in total. The normalized spacial score (nSPS) is 9.50. The van der Waals surface area contributed by atoms with Crippen molar-refractivity contribution >= 4 is 29.2 Å². The smallest absolute Gasteiger partial charge is 0.334 e. The van der Waals surface area contributed by atoms with E-state index in [0.29, 0.717) is 0 Å². The van der Waals surface area contributed by atoms with Gasteiger partial charge in [0, 0.05) is 0 Å². The number of ether oxygens (including phenoxy) is 1. The van der Waals surface area contributed by atoms with E-state index in [1.807, 2.05) is 0 Å². The van der Waals surface area contributed by atoms with Crippen LogP contribution < -0.4 is 0 Å². The van der Waals surface area contributed by atoms with E-state index in [9.17, 15) is 4.79 Å². The van der Waals surface area contributed by atoms with Gasteiger partial charge in [0.05, 0.1) is 0 Å². The first-order valence-corrected chi connectivity index (χ1v) is 2.62. The van der Waals surface area contributed by atoms with Gasteiger partial charge in [-0.2, -0.15) is 0 Å². The zero-order valence-corrected chi connectivity index (χ0v) is 5.32. The minimum absolute atomic E-state index is 0.698. The Bertz CT molecular complexity index is 82.6. The summed E-state index contributed by atoms with van der Waals surface area (Å²) in [6.07, 6.45) is 0. The highest BCUT2D eigenvalue weighted by atomic mass is 35.5. The molecule has 0 saturated carbocycles. The van der Waals surface area contributed by atoms with Crippen LogP contribution in [0.1, 0.15) is 0 Å². The maximum absolute atomic E-state index is 9.98. The molecule has 0 atom stereocenters. The SMILES string of the molecule is O=C(CO)OC(Cl)Cl. The Balaban J connectivity index is 3.25. The Hall–Kier alpha value is 0.01000. The second-order valence-corrected chi connectivity index (χ2v) is 1.92. The van der Waals surface area contributed by atoms with Crippen LogP contribution in [0.25, 0.3) is 0 Å². The predicted octanol–water partition coefficient (Wildman–Crippen LogP) is 0.283. The molecule has 0 aliphatic rings. The molecule has 0 heterocycles. The molecule has 0 amide bonds. The quantitative estimate of drug-likeness (QED) is 0.465. The Morgan fingerprint density at radius 2 is 2.25 bits per heavy atom. The third-order valence-electron chi connectivity index (χ3n) is 0.350. The van der Waals surface area contributed by atoms with E-state index >= 15 is 0 Å². The molecule has 0 aliphatic heterocycles. The standard InChI is InChI=1S/C3H4Cl2O3/c4-3(5)8-2(7)1-6/h3,6H,1H2. The minimum atomic E-state index is -1.19. The highest BCUT2D eigenvalue weighted by molar-refractivity contribution is 6.43. The lowest BCUT2D eigenvalue weighted by molar-refractivity contribution is -0.146. The molecule has 0 unspecified atom stereocenters. The number of carbonyl (C=O) groups excluding carboxylic acids is 1. The molecule has 1 N–H and O–H groups in total. The zero-order valence-electron chi connectivity index (χ0n) is 3.80. The molecule has 0 aromatic heterocycles. The molecule has 0 spiro atoms. The second kappa shape index (κ2) is 3.95. The van der Waals surface area contributed by atoms with Crippen LogP contribution in [0.4, 0.5) is 0 Å². The van der Waals surface area contributed by atoms with Crippen molar-refractivity contribution in [2.24, 2.45) is 0 Å². The van der Waals surface area contributed by atoms with Crippen molar-refractivity contribution in [2.45, 2.75) is 5.02 Å². The average Bonchev–Trinajstić information content (AvgIpc) is 1.65. The van der Waals surface area contributed by atoms with Crippen LogP contribution in [0.5, 0.6) is 0 Å². The van der Waals surface area contributed by atoms with Gasteiger partial charge in [-0.15, -0.1) is 0 Å². The maximum atomic E-state index is 9.98. The lowest BCUT2D eigenvalue weighted by Crippen LogP contribution is -2.11. The Morgan fingerprint density at radius 1 is 1.75 bits per heavy atom. The summed E-state index contributed by atoms with van der Waals surface area (Å²) in [6.45, 7) is -0.698. The predicted molar refractivity (Wildman–Crippen MR) is 28.7 cm³/mol. The molecule has 0 saturated heterocycles. The first-order valence-electron chi connectivity index (χ1n) is 1.75. The van der Waals surface area contributed by atoms with Crippen molar-refractivity contribution in [1.29, 1.82) is 0 Å². The number of rotatable bonds is 2. The molecule has 0 rings (SSSR count). The number of aliphatic hydroxyl groups excluding tert-OH is 1. The van der Waals surface area contributed by atoms with Gasteiger partial charge in [-0.05, 0) is 0 Å². The van der Waals surface area contributed by atoms with Crippen LogP contribution >= 0.6 is 23.2 Å². The van der Waals surface area contributed by atoms with Gasteiger partial charge in [0.2, 0.25) is 0 Å². The zero-order chi connectivity index (χ0) is 6.57. The molecule has 0 radical (unpaired) electrons. The van der Waals surface area contributed by atoms with Crippen LogP contribution in [0, 0.1) is 0 Å². The molecule has 0 fully saturated rings. The summed E-state index contributed by atoms with van der Waals surface area (Å²) in [4.78, 5) is 9.98. The van der Waals surface area contributed by atoms with Gasteiger partial charge in [-0.25, -0.2) is 4.79 Å². The fraction of sp³-hybridized carbons (Fsp3) is 0.667. The van der Waals surface area contributed by atoms with Crippen LogP contribution in [-0.2, 0) is 9.53 Å². The molecule has 5 heteroatoms. The van der Waals surface area contributed by atoms with E-state index in [2.05, 4.69) is 4.74 Å².